The van der Waals surface area contributed by atoms with Gasteiger partial charge < -0.3 is 9.80 Å². The van der Waals surface area contributed by atoms with E-state index < -0.39 is 0 Å². The lowest BCUT2D eigenvalue weighted by Gasteiger charge is -2.29. The van der Waals surface area contributed by atoms with E-state index in [0.29, 0.717) is 31.1 Å². The first-order valence-corrected chi connectivity index (χ1v) is 10.7. The van der Waals surface area contributed by atoms with Crippen LogP contribution in [0.2, 0.25) is 0 Å². The highest BCUT2D eigenvalue weighted by molar-refractivity contribution is 5.94. The number of likely N-dealkylation sites (tertiary alicyclic amines) is 2. The molecule has 4 nitrogen and oxygen atoms in total. The fourth-order valence-corrected chi connectivity index (χ4v) is 5.09. The van der Waals surface area contributed by atoms with Crippen LogP contribution in [0.3, 0.4) is 0 Å². The number of hydrogen-bond acceptors (Lipinski definition) is 2. The quantitative estimate of drug-likeness (QED) is 0.756. The Labute approximate surface area is 177 Å². The van der Waals surface area contributed by atoms with E-state index in [1.165, 1.54) is 17.7 Å². The molecule has 2 aliphatic heterocycles. The molecule has 2 aliphatic rings. The molecule has 30 heavy (non-hydrogen) atoms. The first kappa shape index (κ1) is 20.6. The van der Waals surface area contributed by atoms with Crippen molar-refractivity contribution in [1.82, 2.24) is 9.80 Å². The molecule has 0 saturated carbocycles. The fourth-order valence-electron chi connectivity index (χ4n) is 5.09. The van der Waals surface area contributed by atoms with Gasteiger partial charge in [-0.15, -0.1) is 0 Å². The standard InChI is InChI=1S/C25H29FN2O2/c1-16(2)11-18-7-9-19(10-8-18)25(30)27-13-21-14-28(17(3)29)24(23(21)15-27)20-5-4-6-22(26)12-20/h4-10,12,16,21,23-24H,11,13-15H2,1-3H3/t21-,23-,24-/m1/s1. The number of hydrogen-bond donors (Lipinski definition) is 0. The van der Waals surface area contributed by atoms with Gasteiger partial charge in [0, 0.05) is 44.0 Å². The minimum absolute atomic E-state index is 0.00252. The summed E-state index contributed by atoms with van der Waals surface area (Å²) in [6.45, 7) is 7.76. The molecule has 0 unspecified atom stereocenters. The van der Waals surface area contributed by atoms with Gasteiger partial charge in [0.15, 0.2) is 0 Å². The van der Waals surface area contributed by atoms with Gasteiger partial charge in [-0.25, -0.2) is 4.39 Å². The van der Waals surface area contributed by atoms with Gasteiger partial charge in [-0.05, 0) is 47.7 Å². The van der Waals surface area contributed by atoms with E-state index in [1.54, 1.807) is 13.0 Å². The van der Waals surface area contributed by atoms with Gasteiger partial charge in [0.1, 0.15) is 5.82 Å². The van der Waals surface area contributed by atoms with Crippen LogP contribution in [0.25, 0.3) is 0 Å². The predicted octanol–water partition coefficient (Wildman–Crippen LogP) is 4.32. The van der Waals surface area contributed by atoms with Crippen molar-refractivity contribution in [2.45, 2.75) is 33.2 Å². The second kappa shape index (κ2) is 8.21. The van der Waals surface area contributed by atoms with Crippen LogP contribution >= 0.6 is 0 Å². The predicted molar refractivity (Wildman–Crippen MR) is 114 cm³/mol. The molecule has 2 heterocycles. The van der Waals surface area contributed by atoms with E-state index in [1.807, 2.05) is 40.1 Å². The molecular weight excluding hydrogens is 379 g/mol. The van der Waals surface area contributed by atoms with Gasteiger partial charge in [0.05, 0.1) is 6.04 Å². The molecular formula is C25H29FN2O2. The maximum absolute atomic E-state index is 13.9. The van der Waals surface area contributed by atoms with E-state index in [2.05, 4.69) is 13.8 Å². The van der Waals surface area contributed by atoms with Crippen molar-refractivity contribution in [3.8, 4) is 0 Å². The molecule has 5 heteroatoms. The number of carbonyl (C=O) groups excluding carboxylic acids is 2. The maximum atomic E-state index is 13.9. The monoisotopic (exact) mass is 408 g/mol. The van der Waals surface area contributed by atoms with Crippen LogP contribution in [-0.2, 0) is 11.2 Å². The summed E-state index contributed by atoms with van der Waals surface area (Å²) in [4.78, 5) is 29.1. The molecule has 0 N–H and O–H groups in total. The Bertz CT molecular complexity index is 940. The van der Waals surface area contributed by atoms with E-state index in [9.17, 15) is 14.0 Å². The summed E-state index contributed by atoms with van der Waals surface area (Å²) in [5, 5.41) is 0. The minimum Gasteiger partial charge on any atom is -0.338 e. The van der Waals surface area contributed by atoms with Gasteiger partial charge in [-0.3, -0.25) is 9.59 Å². The molecule has 4 rings (SSSR count). The largest absolute Gasteiger partial charge is 0.338 e. The third-order valence-electron chi connectivity index (χ3n) is 6.39. The Morgan fingerprint density at radius 1 is 1.07 bits per heavy atom. The van der Waals surface area contributed by atoms with Crippen molar-refractivity contribution in [3.05, 3.63) is 71.0 Å². The first-order valence-electron chi connectivity index (χ1n) is 10.7. The Morgan fingerprint density at radius 3 is 2.43 bits per heavy atom. The molecule has 0 aromatic heterocycles. The summed E-state index contributed by atoms with van der Waals surface area (Å²) in [6.07, 6.45) is 0.999. The average molecular weight is 409 g/mol. The van der Waals surface area contributed by atoms with Crippen molar-refractivity contribution in [3.63, 3.8) is 0 Å². The highest BCUT2D eigenvalue weighted by Gasteiger charge is 2.49. The molecule has 2 amide bonds. The zero-order valence-electron chi connectivity index (χ0n) is 17.8. The van der Waals surface area contributed by atoms with Gasteiger partial charge in [0.2, 0.25) is 5.91 Å². The Balaban J connectivity index is 1.52. The summed E-state index contributed by atoms with van der Waals surface area (Å²) in [5.41, 5.74) is 2.75. The second-order valence-corrected chi connectivity index (χ2v) is 9.10. The topological polar surface area (TPSA) is 40.6 Å². The maximum Gasteiger partial charge on any atom is 0.253 e. The average Bonchev–Trinajstić information content (AvgIpc) is 3.25. The molecule has 2 saturated heterocycles. The number of rotatable bonds is 4. The fraction of sp³-hybridized carbons (Fsp3) is 0.440. The zero-order chi connectivity index (χ0) is 21.4. The third kappa shape index (κ3) is 3.98. The number of fused-ring (bicyclic) bond motifs is 1. The van der Waals surface area contributed by atoms with Crippen molar-refractivity contribution in [2.24, 2.45) is 17.8 Å². The molecule has 0 radical (unpaired) electrons. The lowest BCUT2D eigenvalue weighted by molar-refractivity contribution is -0.130. The summed E-state index contributed by atoms with van der Waals surface area (Å²) in [5.74, 6) is 0.650. The lowest BCUT2D eigenvalue weighted by Crippen LogP contribution is -2.36. The molecule has 0 spiro atoms. The molecule has 2 aromatic carbocycles. The van der Waals surface area contributed by atoms with Crippen molar-refractivity contribution >= 4 is 11.8 Å². The van der Waals surface area contributed by atoms with Crippen molar-refractivity contribution in [2.75, 3.05) is 19.6 Å². The number of amides is 2. The summed E-state index contributed by atoms with van der Waals surface area (Å²) in [6, 6.07) is 14.2. The Kier molecular flexibility index (Phi) is 5.63. The zero-order valence-corrected chi connectivity index (χ0v) is 17.8. The number of carbonyl (C=O) groups is 2. The SMILES string of the molecule is CC(=O)N1C[C@H]2CN(C(=O)c3ccc(CC(C)C)cc3)C[C@H]2[C@H]1c1cccc(F)c1. The number of halogens is 1. The first-order chi connectivity index (χ1) is 14.3. The summed E-state index contributed by atoms with van der Waals surface area (Å²) < 4.78 is 13.9. The van der Waals surface area contributed by atoms with Gasteiger partial charge >= 0.3 is 0 Å². The van der Waals surface area contributed by atoms with Crippen LogP contribution in [0.5, 0.6) is 0 Å². The lowest BCUT2D eigenvalue weighted by atomic mass is 9.89. The Hall–Kier alpha value is -2.69. The van der Waals surface area contributed by atoms with E-state index in [0.717, 1.165) is 12.0 Å². The summed E-state index contributed by atoms with van der Waals surface area (Å²) in [7, 11) is 0. The van der Waals surface area contributed by atoms with E-state index in [-0.39, 0.29) is 35.5 Å². The van der Waals surface area contributed by atoms with Crippen LogP contribution in [-0.4, -0.2) is 41.2 Å². The van der Waals surface area contributed by atoms with Crippen LogP contribution in [0, 0.1) is 23.6 Å². The van der Waals surface area contributed by atoms with E-state index >= 15 is 0 Å². The second-order valence-electron chi connectivity index (χ2n) is 9.10. The smallest absolute Gasteiger partial charge is 0.253 e. The molecule has 158 valence electrons. The molecule has 3 atom stereocenters. The highest BCUT2D eigenvalue weighted by atomic mass is 19.1. The van der Waals surface area contributed by atoms with Crippen LogP contribution < -0.4 is 0 Å². The van der Waals surface area contributed by atoms with Crippen LogP contribution in [0.15, 0.2) is 48.5 Å². The summed E-state index contributed by atoms with van der Waals surface area (Å²) >= 11 is 0. The Morgan fingerprint density at radius 2 is 1.80 bits per heavy atom. The third-order valence-corrected chi connectivity index (χ3v) is 6.39. The highest BCUT2D eigenvalue weighted by Crippen LogP contribution is 2.45. The molecule has 2 fully saturated rings. The molecule has 0 aliphatic carbocycles. The van der Waals surface area contributed by atoms with E-state index in [4.69, 9.17) is 0 Å². The number of benzene rings is 2. The van der Waals surface area contributed by atoms with Crippen molar-refractivity contribution in [1.29, 1.82) is 0 Å². The number of nitrogens with zero attached hydrogens (tertiary/aromatic N) is 2. The van der Waals surface area contributed by atoms with Crippen molar-refractivity contribution < 1.29 is 14.0 Å². The molecule has 2 aromatic rings. The van der Waals surface area contributed by atoms with Crippen LogP contribution in [0.4, 0.5) is 4.39 Å². The van der Waals surface area contributed by atoms with Gasteiger partial charge in [-0.2, -0.15) is 0 Å². The van der Waals surface area contributed by atoms with Gasteiger partial charge in [0.25, 0.3) is 5.91 Å². The molecule has 0 bridgehead atoms. The van der Waals surface area contributed by atoms with Gasteiger partial charge in [-0.1, -0.05) is 38.1 Å². The minimum atomic E-state index is -0.299. The normalized spacial score (nSPS) is 23.2. The van der Waals surface area contributed by atoms with Crippen LogP contribution in [0.1, 0.15) is 48.3 Å².